The normalized spacial score (nSPS) is 19.2. The van der Waals surface area contributed by atoms with Gasteiger partial charge >= 0.3 is 0 Å². The highest BCUT2D eigenvalue weighted by molar-refractivity contribution is 9.10. The molecule has 1 fully saturated rings. The van der Waals surface area contributed by atoms with Crippen LogP contribution < -0.4 is 10.1 Å². The number of hydrogen-bond acceptors (Lipinski definition) is 6. The lowest BCUT2D eigenvalue weighted by Crippen LogP contribution is -2.40. The van der Waals surface area contributed by atoms with Gasteiger partial charge in [-0.3, -0.25) is 9.59 Å². The van der Waals surface area contributed by atoms with Crippen molar-refractivity contribution >= 4 is 55.1 Å². The number of nitrogens with zero attached hydrogens (tertiary/aromatic N) is 1. The summed E-state index contributed by atoms with van der Waals surface area (Å²) in [6.07, 6.45) is 2.88. The Morgan fingerprint density at radius 1 is 1.38 bits per heavy atom. The number of fused-ring (bicyclic) bond motifs is 1. The Kier molecular flexibility index (Phi) is 4.54. The predicted octanol–water partition coefficient (Wildman–Crippen LogP) is 4.65. The summed E-state index contributed by atoms with van der Waals surface area (Å²) in [6, 6.07) is 5.73. The molecule has 1 saturated carbocycles. The van der Waals surface area contributed by atoms with Gasteiger partial charge in [-0.25, -0.2) is 4.98 Å². The molecule has 0 bridgehead atoms. The molecule has 1 aliphatic carbocycles. The molecule has 0 unspecified atom stereocenters. The summed E-state index contributed by atoms with van der Waals surface area (Å²) in [5.74, 6) is 0.362. The topological polar surface area (TPSA) is 81.4 Å². The van der Waals surface area contributed by atoms with Crippen molar-refractivity contribution in [3.8, 4) is 5.75 Å². The van der Waals surface area contributed by atoms with Crippen LogP contribution in [0.15, 0.2) is 38.7 Å². The number of Topliss-reactive ketones (excluding diaryl/α,β-unsaturated/α-hetero) is 1. The minimum Gasteiger partial charge on any atom is -0.486 e. The van der Waals surface area contributed by atoms with Gasteiger partial charge in [0.1, 0.15) is 18.1 Å². The summed E-state index contributed by atoms with van der Waals surface area (Å²) < 4.78 is 12.4. The summed E-state index contributed by atoms with van der Waals surface area (Å²) in [5.41, 5.74) is 1.07. The maximum absolute atomic E-state index is 12.3. The molecule has 0 radical (unpaired) electrons. The fourth-order valence-electron chi connectivity index (χ4n) is 2.85. The van der Waals surface area contributed by atoms with Gasteiger partial charge in [-0.2, -0.15) is 0 Å². The van der Waals surface area contributed by atoms with Crippen LogP contribution in [0, 0.1) is 5.92 Å². The average Bonchev–Trinajstić information content (AvgIpc) is 3.18. The smallest absolute Gasteiger partial charge is 0.229 e. The summed E-state index contributed by atoms with van der Waals surface area (Å²) >= 11 is 4.69. The molecule has 1 N–H and O–H groups in total. The second-order valence-electron chi connectivity index (χ2n) is 6.21. The van der Waals surface area contributed by atoms with E-state index in [0.29, 0.717) is 35.0 Å². The summed E-state index contributed by atoms with van der Waals surface area (Å²) in [7, 11) is 0. The number of furan rings is 1. The van der Waals surface area contributed by atoms with Gasteiger partial charge in [0.25, 0.3) is 0 Å². The first-order valence-corrected chi connectivity index (χ1v) is 9.78. The van der Waals surface area contributed by atoms with Crippen molar-refractivity contribution < 1.29 is 18.7 Å². The van der Waals surface area contributed by atoms with E-state index in [9.17, 15) is 9.59 Å². The Morgan fingerprint density at radius 2 is 2.19 bits per heavy atom. The number of amides is 1. The number of thiazole rings is 1. The lowest BCUT2D eigenvalue weighted by molar-refractivity contribution is -0.125. The number of rotatable bonds is 5. The number of benzene rings is 1. The Hall–Kier alpha value is -2.19. The zero-order chi connectivity index (χ0) is 18.3. The van der Waals surface area contributed by atoms with Crippen molar-refractivity contribution in [3.05, 3.63) is 40.0 Å². The molecule has 26 heavy (non-hydrogen) atoms. The Balaban J connectivity index is 1.34. The molecule has 0 aliphatic heterocycles. The van der Waals surface area contributed by atoms with Gasteiger partial charge in [0.05, 0.1) is 4.47 Å². The SMILES string of the molecule is CC(=O)c1csc(NC(=O)[C@H]2C[C@H](Oc3cccc4c(Br)coc34)C2)n1. The van der Waals surface area contributed by atoms with Crippen LogP contribution in [-0.4, -0.2) is 22.8 Å². The maximum atomic E-state index is 12.3. The van der Waals surface area contributed by atoms with E-state index in [2.05, 4.69) is 26.2 Å². The largest absolute Gasteiger partial charge is 0.486 e. The number of carbonyl (C=O) groups excluding carboxylic acids is 2. The Morgan fingerprint density at radius 3 is 2.92 bits per heavy atom. The molecule has 2 heterocycles. The van der Waals surface area contributed by atoms with E-state index in [4.69, 9.17) is 9.15 Å². The van der Waals surface area contributed by atoms with Gasteiger partial charge < -0.3 is 14.5 Å². The minimum absolute atomic E-state index is 0.0238. The molecule has 3 aromatic rings. The van der Waals surface area contributed by atoms with E-state index in [1.165, 1.54) is 18.3 Å². The molecule has 6 nitrogen and oxygen atoms in total. The lowest BCUT2D eigenvalue weighted by Gasteiger charge is -2.34. The molecular weight excluding hydrogens is 420 g/mol. The first-order chi connectivity index (χ1) is 12.5. The third-order valence-corrected chi connectivity index (χ3v) is 5.74. The van der Waals surface area contributed by atoms with Gasteiger partial charge in [0.15, 0.2) is 22.2 Å². The lowest BCUT2D eigenvalue weighted by atomic mass is 9.81. The molecule has 2 aromatic heterocycles. The number of halogens is 1. The van der Waals surface area contributed by atoms with E-state index in [1.807, 2.05) is 18.2 Å². The van der Waals surface area contributed by atoms with E-state index in [1.54, 1.807) is 11.6 Å². The third kappa shape index (κ3) is 3.26. The van der Waals surface area contributed by atoms with Crippen molar-refractivity contribution in [1.29, 1.82) is 0 Å². The van der Waals surface area contributed by atoms with Gasteiger partial charge in [-0.15, -0.1) is 11.3 Å². The molecule has 8 heteroatoms. The third-order valence-electron chi connectivity index (χ3n) is 4.37. The number of aromatic nitrogens is 1. The average molecular weight is 435 g/mol. The molecule has 1 amide bonds. The van der Waals surface area contributed by atoms with Gasteiger partial charge in [0.2, 0.25) is 5.91 Å². The molecule has 1 aromatic carbocycles. The fourth-order valence-corrected chi connectivity index (χ4v) is 4.01. The van der Waals surface area contributed by atoms with Crippen LogP contribution in [0.2, 0.25) is 0 Å². The molecule has 1 aliphatic rings. The number of ketones is 1. The van der Waals surface area contributed by atoms with Crippen LogP contribution in [-0.2, 0) is 4.79 Å². The number of anilines is 1. The van der Waals surface area contributed by atoms with Crippen molar-refractivity contribution in [2.24, 2.45) is 5.92 Å². The zero-order valence-corrected chi connectivity index (χ0v) is 16.2. The van der Waals surface area contributed by atoms with Crippen LogP contribution in [0.5, 0.6) is 5.75 Å². The highest BCUT2D eigenvalue weighted by Gasteiger charge is 2.37. The highest BCUT2D eigenvalue weighted by atomic mass is 79.9. The first-order valence-electron chi connectivity index (χ1n) is 8.11. The van der Waals surface area contributed by atoms with Gasteiger partial charge in [-0.1, -0.05) is 6.07 Å². The van der Waals surface area contributed by atoms with Crippen molar-refractivity contribution in [1.82, 2.24) is 4.98 Å². The number of hydrogen-bond donors (Lipinski definition) is 1. The molecule has 0 atom stereocenters. The maximum Gasteiger partial charge on any atom is 0.229 e. The van der Waals surface area contributed by atoms with Crippen LogP contribution >= 0.6 is 27.3 Å². The predicted molar refractivity (Wildman–Crippen MR) is 102 cm³/mol. The molecular formula is C18H15BrN2O4S. The Bertz CT molecular complexity index is 990. The molecule has 134 valence electrons. The van der Waals surface area contributed by atoms with E-state index in [-0.39, 0.29) is 23.7 Å². The van der Waals surface area contributed by atoms with Crippen molar-refractivity contribution in [2.75, 3.05) is 5.32 Å². The summed E-state index contributed by atoms with van der Waals surface area (Å²) in [6.45, 7) is 1.45. The monoisotopic (exact) mass is 434 g/mol. The van der Waals surface area contributed by atoms with Gasteiger partial charge in [0, 0.05) is 23.6 Å². The number of carbonyl (C=O) groups is 2. The van der Waals surface area contributed by atoms with E-state index >= 15 is 0 Å². The fraction of sp³-hybridized carbons (Fsp3) is 0.278. The van der Waals surface area contributed by atoms with E-state index in [0.717, 1.165) is 9.86 Å². The quantitative estimate of drug-likeness (QED) is 0.590. The van der Waals surface area contributed by atoms with Crippen LogP contribution in [0.25, 0.3) is 11.0 Å². The van der Waals surface area contributed by atoms with Crippen molar-refractivity contribution in [2.45, 2.75) is 25.9 Å². The van der Waals surface area contributed by atoms with Crippen LogP contribution in [0.4, 0.5) is 5.13 Å². The highest BCUT2D eigenvalue weighted by Crippen LogP contribution is 2.37. The second-order valence-corrected chi connectivity index (χ2v) is 7.92. The summed E-state index contributed by atoms with van der Waals surface area (Å²) in [5, 5.41) is 5.83. The molecule has 0 saturated heterocycles. The molecule has 0 spiro atoms. The van der Waals surface area contributed by atoms with Crippen molar-refractivity contribution in [3.63, 3.8) is 0 Å². The standard InChI is InChI=1S/C18H15BrN2O4S/c1-9(22)14-8-26-18(20-14)21-17(23)10-5-11(6-10)25-15-4-2-3-12-13(19)7-24-16(12)15/h2-4,7-8,10-11H,5-6H2,1H3,(H,20,21,23)/t10-,11-. The first kappa shape index (κ1) is 17.2. The Labute approximate surface area is 161 Å². The number of para-hydroxylation sites is 1. The molecule has 4 rings (SSSR count). The number of ether oxygens (including phenoxy) is 1. The summed E-state index contributed by atoms with van der Waals surface area (Å²) in [4.78, 5) is 27.6. The van der Waals surface area contributed by atoms with Gasteiger partial charge in [-0.05, 0) is 40.9 Å². The second kappa shape index (κ2) is 6.85. The van der Waals surface area contributed by atoms with Crippen LogP contribution in [0.3, 0.4) is 0 Å². The minimum atomic E-state index is -0.118. The zero-order valence-electron chi connectivity index (χ0n) is 13.8. The van der Waals surface area contributed by atoms with E-state index < -0.39 is 0 Å². The number of nitrogens with one attached hydrogen (secondary N) is 1. The van der Waals surface area contributed by atoms with Crippen LogP contribution in [0.1, 0.15) is 30.3 Å².